The number of nitrogens with one attached hydrogen (secondary N) is 2. The first-order valence-electron chi connectivity index (χ1n) is 10.6. The molecule has 0 aliphatic carbocycles. The second-order valence-corrected chi connectivity index (χ2v) is 8.77. The van der Waals surface area contributed by atoms with Crippen molar-refractivity contribution in [3.8, 4) is 5.75 Å². The van der Waals surface area contributed by atoms with E-state index < -0.39 is 23.3 Å². The molecule has 2 heterocycles. The molecule has 4 N–H and O–H groups in total. The van der Waals surface area contributed by atoms with Crippen molar-refractivity contribution in [3.63, 3.8) is 0 Å². The molecule has 2 aromatic carbocycles. The fraction of sp³-hybridized carbons (Fsp3) is 0.375. The normalized spacial score (nSPS) is 18.8. The Balaban J connectivity index is 1.34. The van der Waals surface area contributed by atoms with E-state index in [0.717, 1.165) is 27.9 Å². The van der Waals surface area contributed by atoms with Crippen LogP contribution in [0.4, 0.5) is 5.69 Å². The van der Waals surface area contributed by atoms with Gasteiger partial charge in [-0.15, -0.1) is 0 Å². The Kier molecular flexibility index (Phi) is 5.64. The summed E-state index contributed by atoms with van der Waals surface area (Å²) >= 11 is 0. The molecular formula is C24H27N3O5. The summed E-state index contributed by atoms with van der Waals surface area (Å²) in [7, 11) is 0. The number of hydrogen-bond acceptors (Lipinski definition) is 6. The summed E-state index contributed by atoms with van der Waals surface area (Å²) in [5, 5.41) is 5.62. The highest BCUT2D eigenvalue weighted by Crippen LogP contribution is 2.49. The molecule has 168 valence electrons. The predicted molar refractivity (Wildman–Crippen MR) is 118 cm³/mol. The van der Waals surface area contributed by atoms with E-state index in [2.05, 4.69) is 10.6 Å². The summed E-state index contributed by atoms with van der Waals surface area (Å²) in [5.41, 5.74) is 9.50. The van der Waals surface area contributed by atoms with Crippen LogP contribution in [0.25, 0.3) is 0 Å². The second kappa shape index (κ2) is 8.27. The first-order chi connectivity index (χ1) is 15.2. The van der Waals surface area contributed by atoms with Crippen molar-refractivity contribution in [2.75, 3.05) is 11.9 Å². The Morgan fingerprint density at radius 3 is 2.75 bits per heavy atom. The molecule has 8 nitrogen and oxygen atoms in total. The van der Waals surface area contributed by atoms with Crippen LogP contribution in [0.15, 0.2) is 36.4 Å². The van der Waals surface area contributed by atoms with E-state index >= 15 is 0 Å². The van der Waals surface area contributed by atoms with E-state index in [-0.39, 0.29) is 25.2 Å². The van der Waals surface area contributed by atoms with E-state index in [1.54, 1.807) is 0 Å². The molecule has 4 rings (SSSR count). The average Bonchev–Trinajstić information content (AvgIpc) is 3.28. The third-order valence-electron chi connectivity index (χ3n) is 5.98. The van der Waals surface area contributed by atoms with E-state index in [4.69, 9.17) is 15.2 Å². The van der Waals surface area contributed by atoms with Gasteiger partial charge in [0.1, 0.15) is 18.5 Å². The summed E-state index contributed by atoms with van der Waals surface area (Å²) in [6.45, 7) is 5.92. The highest BCUT2D eigenvalue weighted by atomic mass is 16.5. The van der Waals surface area contributed by atoms with Gasteiger partial charge in [-0.3, -0.25) is 9.59 Å². The van der Waals surface area contributed by atoms with Crippen molar-refractivity contribution in [2.45, 2.75) is 51.4 Å². The van der Waals surface area contributed by atoms with Gasteiger partial charge < -0.3 is 25.8 Å². The lowest BCUT2D eigenvalue weighted by Gasteiger charge is -2.20. The van der Waals surface area contributed by atoms with Gasteiger partial charge in [0.05, 0.1) is 17.6 Å². The SMILES string of the molecule is Cc1cc2c(c3c1NC(=O)C3(C)C)OC(CNC(=O)C(N)C(=O)OCc1ccccc1)C2. The number of ether oxygens (including phenoxy) is 2. The molecule has 2 unspecified atom stereocenters. The van der Waals surface area contributed by atoms with Crippen molar-refractivity contribution in [1.82, 2.24) is 5.32 Å². The predicted octanol–water partition coefficient (Wildman–Crippen LogP) is 1.72. The smallest absolute Gasteiger partial charge is 0.333 e. The van der Waals surface area contributed by atoms with Gasteiger partial charge in [0, 0.05) is 12.0 Å². The first-order valence-corrected chi connectivity index (χ1v) is 10.6. The summed E-state index contributed by atoms with van der Waals surface area (Å²) in [4.78, 5) is 36.9. The van der Waals surface area contributed by atoms with Crippen molar-refractivity contribution >= 4 is 23.5 Å². The highest BCUT2D eigenvalue weighted by Gasteiger charge is 2.44. The van der Waals surface area contributed by atoms with Crippen LogP contribution >= 0.6 is 0 Å². The van der Waals surface area contributed by atoms with E-state index in [1.165, 1.54) is 0 Å². The van der Waals surface area contributed by atoms with Crippen LogP contribution < -0.4 is 21.1 Å². The molecule has 2 atom stereocenters. The molecule has 2 aliphatic rings. The number of carbonyl (C=O) groups excluding carboxylic acids is 3. The second-order valence-electron chi connectivity index (χ2n) is 8.77. The van der Waals surface area contributed by atoms with Gasteiger partial charge in [-0.1, -0.05) is 36.4 Å². The quantitative estimate of drug-likeness (QED) is 0.468. The lowest BCUT2D eigenvalue weighted by Crippen LogP contribution is -2.49. The van der Waals surface area contributed by atoms with E-state index in [1.807, 2.05) is 57.2 Å². The molecule has 0 aromatic heterocycles. The molecule has 0 saturated heterocycles. The zero-order chi connectivity index (χ0) is 23.0. The zero-order valence-electron chi connectivity index (χ0n) is 18.4. The first kappa shape index (κ1) is 21.8. The lowest BCUT2D eigenvalue weighted by molar-refractivity contribution is -0.149. The maximum atomic E-state index is 12.4. The molecular weight excluding hydrogens is 410 g/mol. The fourth-order valence-electron chi connectivity index (χ4n) is 4.11. The number of aryl methyl sites for hydroxylation is 1. The molecule has 0 bridgehead atoms. The maximum Gasteiger partial charge on any atom is 0.333 e. The Labute approximate surface area is 186 Å². The minimum atomic E-state index is -1.42. The van der Waals surface area contributed by atoms with Crippen LogP contribution in [0, 0.1) is 6.92 Å². The lowest BCUT2D eigenvalue weighted by atomic mass is 9.83. The van der Waals surface area contributed by atoms with Gasteiger partial charge in [0.15, 0.2) is 6.04 Å². The maximum absolute atomic E-state index is 12.4. The summed E-state index contributed by atoms with van der Waals surface area (Å²) in [6, 6.07) is 9.74. The van der Waals surface area contributed by atoms with Crippen LogP contribution in [0.2, 0.25) is 0 Å². The van der Waals surface area contributed by atoms with Gasteiger partial charge >= 0.3 is 5.97 Å². The van der Waals surface area contributed by atoms with Gasteiger partial charge in [0.25, 0.3) is 0 Å². The Morgan fingerprint density at radius 2 is 2.03 bits per heavy atom. The number of rotatable bonds is 6. The monoisotopic (exact) mass is 437 g/mol. The minimum absolute atomic E-state index is 0.0503. The molecule has 8 heteroatoms. The zero-order valence-corrected chi connectivity index (χ0v) is 18.4. The number of esters is 1. The van der Waals surface area contributed by atoms with Crippen LogP contribution in [0.3, 0.4) is 0 Å². The van der Waals surface area contributed by atoms with E-state index in [9.17, 15) is 14.4 Å². The summed E-state index contributed by atoms with van der Waals surface area (Å²) in [6.07, 6.45) is 0.265. The Hall–Kier alpha value is -3.39. The third-order valence-corrected chi connectivity index (χ3v) is 5.98. The number of hydrogen-bond donors (Lipinski definition) is 3. The van der Waals surface area contributed by atoms with Crippen LogP contribution in [0.5, 0.6) is 5.75 Å². The van der Waals surface area contributed by atoms with Gasteiger partial charge in [-0.25, -0.2) is 4.79 Å². The molecule has 2 aromatic rings. The van der Waals surface area contributed by atoms with Crippen LogP contribution in [-0.2, 0) is 37.6 Å². The number of amides is 2. The summed E-state index contributed by atoms with van der Waals surface area (Å²) in [5.74, 6) is -0.785. The van der Waals surface area contributed by atoms with Crippen molar-refractivity contribution in [2.24, 2.45) is 5.73 Å². The van der Waals surface area contributed by atoms with Crippen LogP contribution in [-0.4, -0.2) is 36.5 Å². The largest absolute Gasteiger partial charge is 0.488 e. The summed E-state index contributed by atoms with van der Waals surface area (Å²) < 4.78 is 11.3. The van der Waals surface area contributed by atoms with Crippen molar-refractivity contribution in [3.05, 3.63) is 58.7 Å². The third kappa shape index (κ3) is 3.93. The Morgan fingerprint density at radius 1 is 1.31 bits per heavy atom. The molecule has 32 heavy (non-hydrogen) atoms. The fourth-order valence-corrected chi connectivity index (χ4v) is 4.11. The van der Waals surface area contributed by atoms with Gasteiger partial charge in [-0.2, -0.15) is 0 Å². The molecule has 2 aliphatic heterocycles. The molecule has 0 fully saturated rings. The minimum Gasteiger partial charge on any atom is -0.488 e. The van der Waals surface area contributed by atoms with Crippen LogP contribution in [0.1, 0.15) is 36.1 Å². The van der Waals surface area contributed by atoms with E-state index in [0.29, 0.717) is 12.2 Å². The van der Waals surface area contributed by atoms with Gasteiger partial charge in [-0.05, 0) is 37.5 Å². The van der Waals surface area contributed by atoms with Crippen molar-refractivity contribution < 1.29 is 23.9 Å². The number of anilines is 1. The highest BCUT2D eigenvalue weighted by molar-refractivity contribution is 6.07. The number of nitrogens with two attached hydrogens (primary N) is 1. The Bertz CT molecular complexity index is 1080. The number of fused-ring (bicyclic) bond motifs is 3. The van der Waals surface area contributed by atoms with Gasteiger partial charge in [0.2, 0.25) is 11.8 Å². The molecule has 2 amide bonds. The standard InChI is InChI=1S/C24H27N3O5/c1-13-9-15-10-16(32-20(15)17-19(13)27-23(30)24(17,2)3)11-26-21(28)18(25)22(29)31-12-14-7-5-4-6-8-14/h4-9,16,18H,10-12,25H2,1-3H3,(H,26,28)(H,27,30). The number of benzene rings is 2. The molecule has 0 radical (unpaired) electrons. The topological polar surface area (TPSA) is 120 Å². The number of carbonyl (C=O) groups is 3. The van der Waals surface area contributed by atoms with Crippen molar-refractivity contribution in [1.29, 1.82) is 0 Å². The molecule has 0 spiro atoms. The molecule has 0 saturated carbocycles. The average molecular weight is 437 g/mol.